The van der Waals surface area contributed by atoms with Crippen molar-refractivity contribution >= 4 is 23.3 Å². The molecule has 1 aliphatic carbocycles. The van der Waals surface area contributed by atoms with Crippen molar-refractivity contribution in [2.24, 2.45) is 0 Å². The van der Waals surface area contributed by atoms with E-state index in [-0.39, 0.29) is 31.1 Å². The third-order valence-corrected chi connectivity index (χ3v) is 4.60. The second kappa shape index (κ2) is 4.70. The van der Waals surface area contributed by atoms with Gasteiger partial charge in [0.1, 0.15) is 12.2 Å². The minimum atomic E-state index is -0.205. The van der Waals surface area contributed by atoms with Crippen molar-refractivity contribution in [2.75, 3.05) is 6.54 Å². The highest BCUT2D eigenvalue weighted by Crippen LogP contribution is 2.31. The normalized spacial score (nSPS) is 18.9. The Kier molecular flexibility index (Phi) is 2.81. The van der Waals surface area contributed by atoms with E-state index in [2.05, 4.69) is 5.16 Å². The van der Waals surface area contributed by atoms with Crippen molar-refractivity contribution in [3.05, 3.63) is 29.3 Å². The van der Waals surface area contributed by atoms with Gasteiger partial charge >= 0.3 is 6.03 Å². The molecule has 2 aromatic rings. The van der Waals surface area contributed by atoms with Crippen LogP contribution in [0.3, 0.4) is 0 Å². The average molecular weight is 303 g/mol. The summed E-state index contributed by atoms with van der Waals surface area (Å²) in [5.41, 5.74) is 0.595. The van der Waals surface area contributed by atoms with E-state index >= 15 is 0 Å². The number of aromatic nitrogens is 1. The Morgan fingerprint density at radius 2 is 2.24 bits per heavy atom. The Morgan fingerprint density at radius 3 is 2.95 bits per heavy atom. The third kappa shape index (κ3) is 2.23. The van der Waals surface area contributed by atoms with Crippen LogP contribution in [-0.4, -0.2) is 39.5 Å². The number of nitrogens with zero attached hydrogens (tertiary/aromatic N) is 3. The molecule has 0 spiro atoms. The summed E-state index contributed by atoms with van der Waals surface area (Å²) in [4.78, 5) is 28.1. The van der Waals surface area contributed by atoms with E-state index in [0.717, 1.165) is 17.7 Å². The molecule has 0 N–H and O–H groups in total. The molecule has 4 rings (SSSR count). The van der Waals surface area contributed by atoms with E-state index in [1.165, 1.54) is 4.90 Å². The molecule has 7 heteroatoms. The minimum absolute atomic E-state index is 0.160. The first-order valence-electron chi connectivity index (χ1n) is 6.83. The smallest absolute Gasteiger partial charge is 0.327 e. The molecule has 3 heterocycles. The molecule has 0 atom stereocenters. The molecule has 21 heavy (non-hydrogen) atoms. The van der Waals surface area contributed by atoms with Gasteiger partial charge in [0, 0.05) is 12.1 Å². The Balaban J connectivity index is 1.51. The van der Waals surface area contributed by atoms with Crippen molar-refractivity contribution < 1.29 is 14.1 Å². The molecule has 2 aliphatic rings. The zero-order valence-corrected chi connectivity index (χ0v) is 12.0. The van der Waals surface area contributed by atoms with Crippen LogP contribution in [0.15, 0.2) is 28.1 Å². The van der Waals surface area contributed by atoms with Crippen LogP contribution in [0.1, 0.15) is 18.5 Å². The number of amides is 3. The van der Waals surface area contributed by atoms with Gasteiger partial charge in [-0.15, -0.1) is 11.3 Å². The van der Waals surface area contributed by atoms with Crippen molar-refractivity contribution in [2.45, 2.75) is 25.4 Å². The second-order valence-electron chi connectivity index (χ2n) is 5.28. The van der Waals surface area contributed by atoms with E-state index in [9.17, 15) is 9.59 Å². The molecule has 0 radical (unpaired) electrons. The first kappa shape index (κ1) is 12.6. The summed E-state index contributed by atoms with van der Waals surface area (Å²) in [6.45, 7) is 0.370. The van der Waals surface area contributed by atoms with Gasteiger partial charge in [-0.1, -0.05) is 11.2 Å². The van der Waals surface area contributed by atoms with Crippen molar-refractivity contribution in [3.63, 3.8) is 0 Å². The Bertz CT molecular complexity index is 690. The first-order chi connectivity index (χ1) is 10.2. The molecule has 1 aliphatic heterocycles. The van der Waals surface area contributed by atoms with Gasteiger partial charge in [-0.05, 0) is 24.3 Å². The molecule has 108 valence electrons. The van der Waals surface area contributed by atoms with Crippen LogP contribution < -0.4 is 0 Å². The highest BCUT2D eigenvalue weighted by atomic mass is 32.1. The number of hydrogen-bond acceptors (Lipinski definition) is 5. The lowest BCUT2D eigenvalue weighted by molar-refractivity contribution is -0.125. The van der Waals surface area contributed by atoms with Crippen molar-refractivity contribution in [3.8, 4) is 10.6 Å². The molecule has 2 aromatic heterocycles. The Morgan fingerprint density at radius 1 is 1.38 bits per heavy atom. The molecular weight excluding hydrogens is 290 g/mol. The molecule has 0 bridgehead atoms. The summed E-state index contributed by atoms with van der Waals surface area (Å²) in [6.07, 6.45) is 2.00. The highest BCUT2D eigenvalue weighted by molar-refractivity contribution is 7.13. The maximum absolute atomic E-state index is 12.2. The van der Waals surface area contributed by atoms with Crippen LogP contribution in [0, 0.1) is 0 Å². The monoisotopic (exact) mass is 303 g/mol. The number of hydrogen-bond donors (Lipinski definition) is 0. The van der Waals surface area contributed by atoms with Crippen LogP contribution in [0.4, 0.5) is 4.79 Å². The second-order valence-corrected chi connectivity index (χ2v) is 6.23. The maximum atomic E-state index is 12.2. The van der Waals surface area contributed by atoms with Gasteiger partial charge in [0.25, 0.3) is 5.91 Å². The Hall–Kier alpha value is -2.15. The van der Waals surface area contributed by atoms with Crippen LogP contribution in [0.5, 0.6) is 0 Å². The number of imide groups is 1. The van der Waals surface area contributed by atoms with Gasteiger partial charge in [-0.2, -0.15) is 0 Å². The van der Waals surface area contributed by atoms with Gasteiger partial charge in [0.2, 0.25) is 0 Å². The average Bonchev–Trinajstić information content (AvgIpc) is 2.90. The van der Waals surface area contributed by atoms with E-state index in [4.69, 9.17) is 4.52 Å². The molecule has 6 nitrogen and oxygen atoms in total. The molecule has 1 saturated heterocycles. The SMILES string of the molecule is O=C1CN(C2CC2)C(=O)N1Cc1cc(-c2cccs2)on1. The first-order valence-corrected chi connectivity index (χ1v) is 7.71. The third-order valence-electron chi connectivity index (χ3n) is 3.71. The lowest BCUT2D eigenvalue weighted by Gasteiger charge is -2.15. The van der Waals surface area contributed by atoms with Crippen molar-refractivity contribution in [1.29, 1.82) is 0 Å². The van der Waals surface area contributed by atoms with Gasteiger partial charge in [0.15, 0.2) is 5.76 Å². The molecule has 3 amide bonds. The Labute approximate surface area is 124 Å². The van der Waals surface area contributed by atoms with Gasteiger partial charge in [0.05, 0.1) is 11.4 Å². The van der Waals surface area contributed by atoms with Crippen LogP contribution >= 0.6 is 11.3 Å². The van der Waals surface area contributed by atoms with E-state index in [0.29, 0.717) is 11.5 Å². The van der Waals surface area contributed by atoms with Crippen LogP contribution in [-0.2, 0) is 11.3 Å². The quantitative estimate of drug-likeness (QED) is 0.813. The topological polar surface area (TPSA) is 66.7 Å². The number of carbonyl (C=O) groups is 2. The number of rotatable bonds is 4. The van der Waals surface area contributed by atoms with Crippen LogP contribution in [0.25, 0.3) is 10.6 Å². The zero-order valence-electron chi connectivity index (χ0n) is 11.2. The van der Waals surface area contributed by atoms with E-state index in [1.807, 2.05) is 17.5 Å². The van der Waals surface area contributed by atoms with Gasteiger partial charge in [-0.25, -0.2) is 4.79 Å². The number of urea groups is 1. The molecule has 0 aromatic carbocycles. The van der Waals surface area contributed by atoms with Crippen LogP contribution in [0.2, 0.25) is 0 Å². The zero-order chi connectivity index (χ0) is 14.4. The molecule has 0 unspecified atom stereocenters. The fourth-order valence-electron chi connectivity index (χ4n) is 2.47. The summed E-state index contributed by atoms with van der Waals surface area (Å²) in [6, 6.07) is 5.71. The summed E-state index contributed by atoms with van der Waals surface area (Å²) in [5, 5.41) is 5.91. The summed E-state index contributed by atoms with van der Waals surface area (Å²) < 4.78 is 5.27. The highest BCUT2D eigenvalue weighted by Gasteiger charge is 2.43. The van der Waals surface area contributed by atoms with Gasteiger partial charge in [-0.3, -0.25) is 9.69 Å². The van der Waals surface area contributed by atoms with E-state index < -0.39 is 0 Å². The molecule has 1 saturated carbocycles. The standard InChI is InChI=1S/C14H13N3O3S/c18-13-8-16(10-3-4-10)14(19)17(13)7-9-6-11(20-15-9)12-2-1-5-21-12/h1-2,5-6,10H,3-4,7-8H2. The summed E-state index contributed by atoms with van der Waals surface area (Å²) in [7, 11) is 0. The van der Waals surface area contributed by atoms with E-state index in [1.54, 1.807) is 22.3 Å². The molecule has 2 fully saturated rings. The maximum Gasteiger partial charge on any atom is 0.327 e. The predicted molar refractivity (Wildman–Crippen MR) is 75.5 cm³/mol. The lowest BCUT2D eigenvalue weighted by atomic mass is 10.3. The predicted octanol–water partition coefficient (Wildman–Crippen LogP) is 2.33. The lowest BCUT2D eigenvalue weighted by Crippen LogP contribution is -2.33. The summed E-state index contributed by atoms with van der Waals surface area (Å²) in [5.74, 6) is 0.505. The minimum Gasteiger partial charge on any atom is -0.355 e. The summed E-state index contributed by atoms with van der Waals surface area (Å²) >= 11 is 1.56. The number of carbonyl (C=O) groups excluding carboxylic acids is 2. The fourth-order valence-corrected chi connectivity index (χ4v) is 3.14. The number of thiophene rings is 1. The van der Waals surface area contributed by atoms with Gasteiger partial charge < -0.3 is 9.42 Å². The fraction of sp³-hybridized carbons (Fsp3) is 0.357. The molecular formula is C14H13N3O3S. The largest absolute Gasteiger partial charge is 0.355 e. The van der Waals surface area contributed by atoms with Crippen molar-refractivity contribution in [1.82, 2.24) is 15.0 Å².